The lowest BCUT2D eigenvalue weighted by molar-refractivity contribution is 0.0603. The lowest BCUT2D eigenvalue weighted by atomic mass is 10.0. The third kappa shape index (κ3) is 3.84. The Labute approximate surface area is 161 Å². The molecule has 0 fully saturated rings. The van der Waals surface area contributed by atoms with Gasteiger partial charge in [0.25, 0.3) is 5.91 Å². The Balaban J connectivity index is 1.98. The van der Waals surface area contributed by atoms with E-state index in [0.717, 1.165) is 16.1 Å². The number of carbonyl (C=O) groups is 2. The summed E-state index contributed by atoms with van der Waals surface area (Å²) < 4.78 is 19.1. The number of amides is 1. The maximum atomic E-state index is 13.3. The summed E-state index contributed by atoms with van der Waals surface area (Å²) in [7, 11) is 1.28. The summed E-state index contributed by atoms with van der Waals surface area (Å²) in [6, 6.07) is 12.8. The van der Waals surface area contributed by atoms with Gasteiger partial charge in [-0.1, -0.05) is 34.1 Å². The summed E-state index contributed by atoms with van der Waals surface area (Å²) in [6.45, 7) is 0. The van der Waals surface area contributed by atoms with Crippen molar-refractivity contribution in [2.24, 2.45) is 0 Å². The molecule has 0 saturated carbocycles. The van der Waals surface area contributed by atoms with Gasteiger partial charge in [-0.05, 0) is 35.9 Å². The molecule has 0 aliphatic carbocycles. The fourth-order valence-corrected chi connectivity index (χ4v) is 3.62. The molecule has 3 rings (SSSR count). The average Bonchev–Trinajstić information content (AvgIpc) is 3.05. The first-order chi connectivity index (χ1) is 12.5. The Morgan fingerprint density at radius 1 is 1.15 bits per heavy atom. The highest BCUT2D eigenvalue weighted by molar-refractivity contribution is 9.10. The lowest BCUT2D eigenvalue weighted by Crippen LogP contribution is -2.14. The third-order valence-electron chi connectivity index (χ3n) is 3.65. The van der Waals surface area contributed by atoms with Gasteiger partial charge in [0.2, 0.25) is 0 Å². The number of benzene rings is 2. The Morgan fingerprint density at radius 2 is 1.88 bits per heavy atom. The van der Waals surface area contributed by atoms with Crippen molar-refractivity contribution in [2.45, 2.75) is 0 Å². The molecule has 1 aromatic heterocycles. The number of ether oxygens (including phenoxy) is 1. The van der Waals surface area contributed by atoms with Crippen LogP contribution in [-0.2, 0) is 4.74 Å². The van der Waals surface area contributed by atoms with Gasteiger partial charge in [0, 0.05) is 21.0 Å². The number of esters is 1. The molecule has 132 valence electrons. The number of halogens is 2. The first-order valence-electron chi connectivity index (χ1n) is 7.52. The van der Waals surface area contributed by atoms with Crippen LogP contribution in [0.15, 0.2) is 58.4 Å². The largest absolute Gasteiger partial charge is 0.465 e. The van der Waals surface area contributed by atoms with Crippen LogP contribution in [0.4, 0.5) is 9.39 Å². The Morgan fingerprint density at radius 3 is 2.54 bits per heavy atom. The summed E-state index contributed by atoms with van der Waals surface area (Å²) >= 11 is 4.58. The fourth-order valence-electron chi connectivity index (χ4n) is 2.40. The zero-order valence-corrected chi connectivity index (χ0v) is 16.0. The van der Waals surface area contributed by atoms with Gasteiger partial charge in [-0.2, -0.15) is 0 Å². The minimum atomic E-state index is -0.557. The van der Waals surface area contributed by atoms with Gasteiger partial charge in [-0.15, -0.1) is 11.3 Å². The van der Waals surface area contributed by atoms with Crippen LogP contribution in [0.2, 0.25) is 0 Å². The molecule has 3 aromatic rings. The Bertz CT molecular complexity index is 969. The van der Waals surface area contributed by atoms with Crippen LogP contribution in [-0.4, -0.2) is 19.0 Å². The van der Waals surface area contributed by atoms with Crippen LogP contribution in [0.3, 0.4) is 0 Å². The van der Waals surface area contributed by atoms with Crippen LogP contribution in [0.5, 0.6) is 0 Å². The maximum absolute atomic E-state index is 13.3. The average molecular weight is 434 g/mol. The van der Waals surface area contributed by atoms with Crippen molar-refractivity contribution < 1.29 is 18.7 Å². The molecule has 0 spiro atoms. The molecule has 0 unspecified atom stereocenters. The van der Waals surface area contributed by atoms with E-state index in [2.05, 4.69) is 21.2 Å². The van der Waals surface area contributed by atoms with Crippen molar-refractivity contribution >= 4 is 44.1 Å². The number of methoxy groups -OCH3 is 1. The van der Waals surface area contributed by atoms with Crippen LogP contribution in [0.1, 0.15) is 20.7 Å². The molecule has 0 atom stereocenters. The predicted octanol–water partition coefficient (Wildman–Crippen LogP) is 5.36. The Kier molecular flexibility index (Phi) is 5.49. The Hall–Kier alpha value is -2.51. The van der Waals surface area contributed by atoms with Crippen molar-refractivity contribution in [1.29, 1.82) is 0 Å². The summed E-state index contributed by atoms with van der Waals surface area (Å²) in [5.41, 5.74) is 1.91. The minimum Gasteiger partial charge on any atom is -0.465 e. The molecule has 1 N–H and O–H groups in total. The van der Waals surface area contributed by atoms with Crippen LogP contribution in [0.25, 0.3) is 11.1 Å². The summed E-state index contributed by atoms with van der Waals surface area (Å²) in [4.78, 5) is 24.7. The highest BCUT2D eigenvalue weighted by Crippen LogP contribution is 2.36. The van der Waals surface area contributed by atoms with Gasteiger partial charge in [0.1, 0.15) is 16.4 Å². The lowest BCUT2D eigenvalue weighted by Gasteiger charge is -2.08. The van der Waals surface area contributed by atoms with E-state index in [1.165, 1.54) is 36.6 Å². The van der Waals surface area contributed by atoms with Gasteiger partial charge in [0.15, 0.2) is 0 Å². The molecule has 26 heavy (non-hydrogen) atoms. The van der Waals surface area contributed by atoms with E-state index in [4.69, 9.17) is 4.74 Å². The number of carbonyl (C=O) groups excluding carboxylic acids is 2. The molecule has 2 aromatic carbocycles. The highest BCUT2D eigenvalue weighted by atomic mass is 79.9. The molecule has 1 heterocycles. The molecule has 0 radical (unpaired) electrons. The molecular formula is C19H13BrFNO3S. The van der Waals surface area contributed by atoms with E-state index < -0.39 is 17.7 Å². The summed E-state index contributed by atoms with van der Waals surface area (Å²) in [5.74, 6) is -1.56. The van der Waals surface area contributed by atoms with Crippen LogP contribution in [0, 0.1) is 5.82 Å². The monoisotopic (exact) mass is 433 g/mol. The van der Waals surface area contributed by atoms with E-state index in [9.17, 15) is 14.0 Å². The number of anilines is 1. The van der Waals surface area contributed by atoms with E-state index in [1.54, 1.807) is 5.38 Å². The molecule has 0 aliphatic heterocycles. The van der Waals surface area contributed by atoms with Crippen LogP contribution >= 0.6 is 27.3 Å². The standard InChI is InChI=1S/C19H13BrFNO3S/c1-25-19(24)16-15(11-5-7-13(20)8-6-11)10-26-18(16)22-17(23)12-3-2-4-14(21)9-12/h2-10H,1H3,(H,22,23). The zero-order valence-electron chi connectivity index (χ0n) is 13.6. The molecule has 0 saturated heterocycles. The first-order valence-corrected chi connectivity index (χ1v) is 9.19. The number of rotatable bonds is 4. The predicted molar refractivity (Wildman–Crippen MR) is 103 cm³/mol. The second kappa shape index (κ2) is 7.80. The van der Waals surface area contributed by atoms with Gasteiger partial charge < -0.3 is 10.1 Å². The summed E-state index contributed by atoms with van der Waals surface area (Å²) in [5, 5.41) is 4.80. The van der Waals surface area contributed by atoms with E-state index >= 15 is 0 Å². The topological polar surface area (TPSA) is 55.4 Å². The second-order valence-corrected chi connectivity index (χ2v) is 7.11. The van der Waals surface area contributed by atoms with Gasteiger partial charge in [-0.25, -0.2) is 9.18 Å². The van der Waals surface area contributed by atoms with Crippen molar-refractivity contribution in [1.82, 2.24) is 0 Å². The van der Waals surface area contributed by atoms with Crippen molar-refractivity contribution in [3.63, 3.8) is 0 Å². The maximum Gasteiger partial charge on any atom is 0.341 e. The molecule has 0 bridgehead atoms. The van der Waals surface area contributed by atoms with E-state index in [1.807, 2.05) is 24.3 Å². The molecule has 1 amide bonds. The van der Waals surface area contributed by atoms with Gasteiger partial charge >= 0.3 is 5.97 Å². The van der Waals surface area contributed by atoms with Crippen molar-refractivity contribution in [3.8, 4) is 11.1 Å². The number of hydrogen-bond acceptors (Lipinski definition) is 4. The third-order valence-corrected chi connectivity index (χ3v) is 5.07. The number of nitrogens with one attached hydrogen (secondary N) is 1. The number of hydrogen-bond donors (Lipinski definition) is 1. The molecule has 7 heteroatoms. The molecular weight excluding hydrogens is 421 g/mol. The first kappa shape index (κ1) is 18.3. The fraction of sp³-hybridized carbons (Fsp3) is 0.0526. The minimum absolute atomic E-state index is 0.166. The van der Waals surface area contributed by atoms with Crippen LogP contribution < -0.4 is 5.32 Å². The zero-order chi connectivity index (χ0) is 18.7. The van der Waals surface area contributed by atoms with Crippen molar-refractivity contribution in [3.05, 3.63) is 75.3 Å². The second-order valence-electron chi connectivity index (χ2n) is 5.32. The highest BCUT2D eigenvalue weighted by Gasteiger charge is 2.22. The SMILES string of the molecule is COC(=O)c1c(-c2ccc(Br)cc2)csc1NC(=O)c1cccc(F)c1. The van der Waals surface area contributed by atoms with E-state index in [-0.39, 0.29) is 11.1 Å². The number of thiophene rings is 1. The van der Waals surface area contributed by atoms with Gasteiger partial charge in [-0.3, -0.25) is 4.79 Å². The smallest absolute Gasteiger partial charge is 0.341 e. The van der Waals surface area contributed by atoms with Gasteiger partial charge in [0.05, 0.1) is 7.11 Å². The molecule has 0 aliphatic rings. The van der Waals surface area contributed by atoms with E-state index in [0.29, 0.717) is 10.6 Å². The van der Waals surface area contributed by atoms with Crippen molar-refractivity contribution in [2.75, 3.05) is 12.4 Å². The molecule has 4 nitrogen and oxygen atoms in total. The quantitative estimate of drug-likeness (QED) is 0.563. The summed E-state index contributed by atoms with van der Waals surface area (Å²) in [6.07, 6.45) is 0. The normalized spacial score (nSPS) is 10.4.